The summed E-state index contributed by atoms with van der Waals surface area (Å²) >= 11 is 7.21. The molecule has 0 saturated carbocycles. The van der Waals surface area contributed by atoms with Crippen molar-refractivity contribution in [3.63, 3.8) is 0 Å². The van der Waals surface area contributed by atoms with E-state index in [0.717, 1.165) is 6.42 Å². The summed E-state index contributed by atoms with van der Waals surface area (Å²) in [5.41, 5.74) is 0. The molecular formula is C13H33O6P2S2Zn-. The normalized spacial score (nSPS) is 10.7. The molecule has 0 saturated heterocycles. The third-order valence-electron chi connectivity index (χ3n) is 2.60. The minimum atomic E-state index is -3.81. The molecule has 0 radical (unpaired) electrons. The van der Waals surface area contributed by atoms with Crippen molar-refractivity contribution in [1.29, 1.82) is 0 Å². The van der Waals surface area contributed by atoms with Crippen LogP contribution in [0.15, 0.2) is 0 Å². The van der Waals surface area contributed by atoms with Crippen LogP contribution in [0.1, 0.15) is 77.6 Å². The Morgan fingerprint density at radius 2 is 0.833 bits per heavy atom. The van der Waals surface area contributed by atoms with E-state index < -0.39 is 13.4 Å². The predicted octanol–water partition coefficient (Wildman–Crippen LogP) is 3.50. The van der Waals surface area contributed by atoms with Gasteiger partial charge in [0.05, 0.1) is 0 Å². The molecule has 0 aliphatic carbocycles. The molecule has 146 valence electrons. The Morgan fingerprint density at radius 1 is 0.625 bits per heavy atom. The summed E-state index contributed by atoms with van der Waals surface area (Å²) in [4.78, 5) is 45.3. The minimum Gasteiger partial charge on any atom is -0.343 e. The zero-order chi connectivity index (χ0) is 18.8. The van der Waals surface area contributed by atoms with E-state index >= 15 is 0 Å². The van der Waals surface area contributed by atoms with Crippen molar-refractivity contribution in [2.75, 3.05) is 0 Å². The molecule has 0 fully saturated rings. The first-order valence-corrected chi connectivity index (χ1v) is 13.1. The molecule has 6 N–H and O–H groups in total. The standard InChI is InChI=1S/C13H27.2H3O3PS.Zn/c1-3-5-7-9-11-13-12-10-8-6-4-2;2*1-4(2,3)5;/h1,3-13H2,2H3;2*(H3,1,2,3,5);/q-1;;;. The van der Waals surface area contributed by atoms with Gasteiger partial charge in [-0.3, -0.25) is 0 Å². The molecule has 0 rings (SSSR count). The molecule has 0 aromatic carbocycles. The Bertz CT molecular complexity index is 279. The second kappa shape index (κ2) is 22.7. The van der Waals surface area contributed by atoms with Gasteiger partial charge in [0, 0.05) is 19.5 Å². The van der Waals surface area contributed by atoms with Crippen LogP contribution >= 0.6 is 13.4 Å². The maximum Gasteiger partial charge on any atom is 0.319 e. The third-order valence-corrected chi connectivity index (χ3v) is 2.60. The molecule has 0 aromatic heterocycles. The van der Waals surface area contributed by atoms with E-state index in [0.29, 0.717) is 0 Å². The van der Waals surface area contributed by atoms with Crippen LogP contribution in [-0.4, -0.2) is 29.4 Å². The monoisotopic (exact) mass is 475 g/mol. The van der Waals surface area contributed by atoms with Crippen LogP contribution in [-0.2, 0) is 43.1 Å². The molecule has 0 aliphatic rings. The molecule has 0 aromatic rings. The molecule has 0 unspecified atom stereocenters. The minimum absolute atomic E-state index is 0. The first-order valence-electron chi connectivity index (χ1n) is 7.77. The van der Waals surface area contributed by atoms with E-state index in [1.54, 1.807) is 0 Å². The zero-order valence-electron chi connectivity index (χ0n) is 14.6. The fourth-order valence-electron chi connectivity index (χ4n) is 1.66. The van der Waals surface area contributed by atoms with Gasteiger partial charge in [0.25, 0.3) is 0 Å². The zero-order valence-corrected chi connectivity index (χ0v) is 21.0. The first-order chi connectivity index (χ1) is 10.4. The molecule has 6 nitrogen and oxygen atoms in total. The van der Waals surface area contributed by atoms with E-state index in [2.05, 4.69) is 37.5 Å². The predicted molar refractivity (Wildman–Crippen MR) is 104 cm³/mol. The number of hydrogen-bond acceptors (Lipinski definition) is 2. The Morgan fingerprint density at radius 3 is 1.04 bits per heavy atom. The Balaban J connectivity index is -0.000000151. The summed E-state index contributed by atoms with van der Waals surface area (Å²) in [6.07, 6.45) is 15.4. The van der Waals surface area contributed by atoms with Crippen molar-refractivity contribution in [2.24, 2.45) is 0 Å². The number of unbranched alkanes of at least 4 members (excludes halogenated alkanes) is 10. The van der Waals surface area contributed by atoms with Gasteiger partial charge in [0.2, 0.25) is 0 Å². The maximum absolute atomic E-state index is 7.56. The second-order valence-electron chi connectivity index (χ2n) is 5.06. The van der Waals surface area contributed by atoms with Crippen LogP contribution in [0, 0.1) is 6.92 Å². The van der Waals surface area contributed by atoms with Gasteiger partial charge in [-0.05, 0) is 23.6 Å². The van der Waals surface area contributed by atoms with E-state index in [4.69, 9.17) is 29.4 Å². The van der Waals surface area contributed by atoms with Crippen LogP contribution in [0.4, 0.5) is 0 Å². The van der Waals surface area contributed by atoms with E-state index in [1.807, 2.05) is 0 Å². The van der Waals surface area contributed by atoms with Crippen LogP contribution in [0.3, 0.4) is 0 Å². The van der Waals surface area contributed by atoms with E-state index in [1.165, 1.54) is 64.2 Å². The van der Waals surface area contributed by atoms with Crippen molar-refractivity contribution in [3.05, 3.63) is 6.92 Å². The van der Waals surface area contributed by atoms with Crippen LogP contribution < -0.4 is 0 Å². The summed E-state index contributed by atoms with van der Waals surface area (Å²) < 4.78 is 0. The largest absolute Gasteiger partial charge is 0.343 e. The van der Waals surface area contributed by atoms with E-state index in [9.17, 15) is 0 Å². The summed E-state index contributed by atoms with van der Waals surface area (Å²) in [7, 11) is 0. The summed E-state index contributed by atoms with van der Waals surface area (Å²) in [5, 5.41) is 0. The Labute approximate surface area is 170 Å². The summed E-state index contributed by atoms with van der Waals surface area (Å²) in [6, 6.07) is 0. The average molecular weight is 477 g/mol. The second-order valence-corrected chi connectivity index (χ2v) is 10.1. The van der Waals surface area contributed by atoms with Crippen molar-refractivity contribution in [3.8, 4) is 0 Å². The number of rotatable bonds is 10. The van der Waals surface area contributed by atoms with Gasteiger partial charge in [-0.2, -0.15) is 6.42 Å². The Kier molecular flexibility index (Phi) is 31.5. The number of hydrogen-bond donors (Lipinski definition) is 6. The topological polar surface area (TPSA) is 121 Å². The van der Waals surface area contributed by atoms with Gasteiger partial charge in [-0.15, -0.1) is 0 Å². The Hall–Kier alpha value is 1.68. The van der Waals surface area contributed by atoms with Crippen molar-refractivity contribution in [2.45, 2.75) is 77.6 Å². The van der Waals surface area contributed by atoms with Gasteiger partial charge in [0.15, 0.2) is 0 Å². The van der Waals surface area contributed by atoms with Crippen molar-refractivity contribution >= 4 is 37.1 Å². The fourth-order valence-corrected chi connectivity index (χ4v) is 1.66. The smallest absolute Gasteiger partial charge is 0.319 e. The maximum atomic E-state index is 7.56. The molecule has 11 heteroatoms. The molecule has 0 atom stereocenters. The molecule has 24 heavy (non-hydrogen) atoms. The van der Waals surface area contributed by atoms with E-state index in [-0.39, 0.29) is 19.5 Å². The summed E-state index contributed by atoms with van der Waals surface area (Å²) in [5.74, 6) is 0. The molecule has 0 spiro atoms. The van der Waals surface area contributed by atoms with Gasteiger partial charge in [-0.1, -0.05) is 71.1 Å². The van der Waals surface area contributed by atoms with Gasteiger partial charge in [0.1, 0.15) is 0 Å². The quantitative estimate of drug-likeness (QED) is 0.123. The van der Waals surface area contributed by atoms with Gasteiger partial charge >= 0.3 is 13.4 Å². The van der Waals surface area contributed by atoms with Crippen LogP contribution in [0.25, 0.3) is 0 Å². The van der Waals surface area contributed by atoms with Gasteiger partial charge < -0.3 is 36.3 Å². The SMILES string of the molecule is OP(O)(O)=S.OP(O)(O)=S.[CH2-]CCCCCCCCCCCC.[Zn]. The first kappa shape index (κ1) is 33.3. The average Bonchev–Trinajstić information content (AvgIpc) is 2.33. The third kappa shape index (κ3) is 89.3. The molecule has 0 amide bonds. The van der Waals surface area contributed by atoms with Crippen molar-refractivity contribution < 1.29 is 48.8 Å². The van der Waals surface area contributed by atoms with Crippen LogP contribution in [0.5, 0.6) is 0 Å². The fraction of sp³-hybridized carbons (Fsp3) is 0.923. The van der Waals surface area contributed by atoms with Crippen LogP contribution in [0.2, 0.25) is 0 Å². The van der Waals surface area contributed by atoms with Gasteiger partial charge in [-0.25, -0.2) is 0 Å². The molecule has 0 heterocycles. The molecular weight excluding hydrogens is 444 g/mol. The molecule has 0 aliphatic heterocycles. The summed E-state index contributed by atoms with van der Waals surface area (Å²) in [6.45, 7) is -1.48. The molecule has 0 bridgehead atoms. The van der Waals surface area contributed by atoms with Crippen molar-refractivity contribution in [1.82, 2.24) is 0 Å².